The van der Waals surface area contributed by atoms with Crippen molar-refractivity contribution in [3.05, 3.63) is 11.1 Å². The Morgan fingerprint density at radius 2 is 1.25 bits per heavy atom. The molecule has 0 saturated heterocycles. The van der Waals surface area contributed by atoms with Crippen LogP contribution in [0.25, 0.3) is 11.1 Å². The van der Waals surface area contributed by atoms with Crippen LogP contribution in [-0.4, -0.2) is 72.6 Å². The van der Waals surface area contributed by atoms with E-state index in [1.165, 1.54) is 0 Å². The van der Waals surface area contributed by atoms with Gasteiger partial charge in [-0.15, -0.1) is 0 Å². The van der Waals surface area contributed by atoms with Gasteiger partial charge in [0.1, 0.15) is 13.2 Å². The van der Waals surface area contributed by atoms with E-state index < -0.39 is 11.9 Å². The lowest BCUT2D eigenvalue weighted by Gasteiger charge is -2.31. The number of hydrogen-bond donors (Lipinski definition) is 0. The Kier molecular flexibility index (Phi) is 9.91. The molecule has 0 spiro atoms. The van der Waals surface area contributed by atoms with Gasteiger partial charge in [-0.2, -0.15) is 9.58 Å². The molecule has 0 aromatic carbocycles. The van der Waals surface area contributed by atoms with Gasteiger partial charge in [0, 0.05) is 0 Å². The summed E-state index contributed by atoms with van der Waals surface area (Å²) in [5.41, 5.74) is 16.3. The number of carbonyl (C=O) groups is 2. The number of esters is 2. The van der Waals surface area contributed by atoms with E-state index in [4.69, 9.17) is 30.0 Å². The maximum absolute atomic E-state index is 11.0. The maximum atomic E-state index is 11.0. The molecule has 1 saturated carbocycles. The number of ether oxygens (including phenoxy) is 4. The topological polar surface area (TPSA) is 144 Å². The van der Waals surface area contributed by atoms with Crippen molar-refractivity contribution in [2.75, 3.05) is 26.4 Å². The van der Waals surface area contributed by atoms with E-state index in [1.807, 2.05) is 0 Å². The second-order valence-corrected chi connectivity index (χ2v) is 4.93. The first-order chi connectivity index (χ1) is 11.7. The molecule has 0 unspecified atom stereocenters. The molecule has 0 N–H and O–H groups in total. The molecule has 10 nitrogen and oxygen atoms in total. The Morgan fingerprint density at radius 1 is 0.833 bits per heavy atom. The standard InChI is InChI=1S/C14H20N4O6/c15-17-9-13(19)23-7-5-21-11-3-1-2-4-12(11)22-6-8-24-14(20)10-18-16/h9-12H,1-8H2/t11-,12-/m1/s1. The van der Waals surface area contributed by atoms with Crippen LogP contribution in [0.4, 0.5) is 0 Å². The molecule has 0 heterocycles. The minimum atomic E-state index is -0.745. The number of nitrogens with zero attached hydrogens (tertiary/aromatic N) is 4. The van der Waals surface area contributed by atoms with Crippen LogP contribution in [0.5, 0.6) is 0 Å². The SMILES string of the molecule is [N-]=[N+]=CC(=O)OCCO[C@@H]1CCCC[C@H]1OCCOC(=O)C=[N+]=[N-]. The van der Waals surface area contributed by atoms with Gasteiger partial charge in [0.05, 0.1) is 25.4 Å². The van der Waals surface area contributed by atoms with E-state index in [2.05, 4.69) is 9.58 Å². The summed E-state index contributed by atoms with van der Waals surface area (Å²) >= 11 is 0. The summed E-state index contributed by atoms with van der Waals surface area (Å²) in [6.45, 7) is 0.507. The highest BCUT2D eigenvalue weighted by Gasteiger charge is 2.26. The second-order valence-electron chi connectivity index (χ2n) is 4.93. The summed E-state index contributed by atoms with van der Waals surface area (Å²) in [7, 11) is 0. The van der Waals surface area contributed by atoms with Gasteiger partial charge in [-0.1, -0.05) is 12.8 Å². The van der Waals surface area contributed by atoms with Crippen LogP contribution in [0, 0.1) is 0 Å². The lowest BCUT2D eigenvalue weighted by atomic mass is 9.94. The maximum Gasteiger partial charge on any atom is 0.413 e. The predicted molar refractivity (Wildman–Crippen MR) is 79.2 cm³/mol. The molecule has 0 aromatic rings. The Balaban J connectivity index is 2.24. The second kappa shape index (κ2) is 12.1. The molecule has 24 heavy (non-hydrogen) atoms. The molecule has 1 rings (SSSR count). The first kappa shape index (κ1) is 19.7. The van der Waals surface area contributed by atoms with Crippen LogP contribution in [0.3, 0.4) is 0 Å². The lowest BCUT2D eigenvalue weighted by molar-refractivity contribution is -0.147. The van der Waals surface area contributed by atoms with Gasteiger partial charge in [-0.05, 0) is 12.8 Å². The van der Waals surface area contributed by atoms with Gasteiger partial charge in [0.2, 0.25) is 0 Å². The van der Waals surface area contributed by atoms with Crippen molar-refractivity contribution in [3.8, 4) is 0 Å². The molecule has 1 fully saturated rings. The summed E-state index contributed by atoms with van der Waals surface area (Å²) in [6, 6.07) is 0. The molecule has 0 amide bonds. The molecular weight excluding hydrogens is 320 g/mol. The Labute approximate surface area is 138 Å². The number of carbonyl (C=O) groups excluding carboxylic acids is 2. The monoisotopic (exact) mass is 340 g/mol. The summed E-state index contributed by atoms with van der Waals surface area (Å²) in [5, 5.41) is 0. The molecule has 1 aliphatic carbocycles. The van der Waals surface area contributed by atoms with Crippen molar-refractivity contribution in [2.45, 2.75) is 37.9 Å². The van der Waals surface area contributed by atoms with Crippen LogP contribution >= 0.6 is 0 Å². The van der Waals surface area contributed by atoms with Gasteiger partial charge < -0.3 is 30.0 Å². The van der Waals surface area contributed by atoms with Crippen molar-refractivity contribution in [2.24, 2.45) is 0 Å². The summed E-state index contributed by atoms with van der Waals surface area (Å²) < 4.78 is 20.8. The van der Waals surface area contributed by atoms with Gasteiger partial charge in [0.25, 0.3) is 0 Å². The highest BCUT2D eigenvalue weighted by atomic mass is 16.6. The average molecular weight is 340 g/mol. The quantitative estimate of drug-likeness (QED) is 0.180. The fraction of sp³-hybridized carbons (Fsp3) is 0.714. The van der Waals surface area contributed by atoms with Crippen molar-refractivity contribution in [3.63, 3.8) is 0 Å². The van der Waals surface area contributed by atoms with E-state index >= 15 is 0 Å². The predicted octanol–water partition coefficient (Wildman–Crippen LogP) is 0.0184. The number of hydrogen-bond acceptors (Lipinski definition) is 6. The smallest absolute Gasteiger partial charge is 0.413 e. The fourth-order valence-electron chi connectivity index (χ4n) is 2.30. The Morgan fingerprint density at radius 3 is 1.62 bits per heavy atom. The lowest BCUT2D eigenvalue weighted by Crippen LogP contribution is -2.36. The van der Waals surface area contributed by atoms with Gasteiger partial charge in [-0.3, -0.25) is 0 Å². The molecule has 0 aromatic heterocycles. The first-order valence-corrected chi connectivity index (χ1v) is 7.59. The fourth-order valence-corrected chi connectivity index (χ4v) is 2.30. The van der Waals surface area contributed by atoms with Gasteiger partial charge in [-0.25, -0.2) is 9.59 Å². The molecule has 2 atom stereocenters. The van der Waals surface area contributed by atoms with E-state index in [1.54, 1.807) is 0 Å². The minimum Gasteiger partial charge on any atom is -0.455 e. The van der Waals surface area contributed by atoms with Crippen molar-refractivity contribution in [1.82, 2.24) is 0 Å². The zero-order valence-corrected chi connectivity index (χ0v) is 13.2. The van der Waals surface area contributed by atoms with E-state index in [9.17, 15) is 9.59 Å². The summed E-state index contributed by atoms with van der Waals surface area (Å²) in [6.07, 6.45) is 4.76. The third-order valence-corrected chi connectivity index (χ3v) is 3.29. The van der Waals surface area contributed by atoms with E-state index in [0.717, 1.165) is 25.7 Å². The Hall–Kier alpha value is -2.38. The van der Waals surface area contributed by atoms with Crippen molar-refractivity contribution in [1.29, 1.82) is 0 Å². The average Bonchev–Trinajstić information content (AvgIpc) is 2.57. The summed E-state index contributed by atoms with van der Waals surface area (Å²) in [4.78, 5) is 27.0. The zero-order chi connectivity index (χ0) is 17.6. The highest BCUT2D eigenvalue weighted by molar-refractivity contribution is 6.20. The van der Waals surface area contributed by atoms with Crippen LogP contribution in [0.1, 0.15) is 25.7 Å². The molecule has 0 radical (unpaired) electrons. The zero-order valence-electron chi connectivity index (χ0n) is 13.2. The molecule has 0 aliphatic heterocycles. The normalized spacial score (nSPS) is 19.5. The first-order valence-electron chi connectivity index (χ1n) is 7.59. The van der Waals surface area contributed by atoms with E-state index in [0.29, 0.717) is 12.4 Å². The van der Waals surface area contributed by atoms with Crippen LogP contribution in [0.15, 0.2) is 0 Å². The molecule has 10 heteroatoms. The molecular formula is C14H20N4O6. The van der Waals surface area contributed by atoms with Crippen LogP contribution < -0.4 is 0 Å². The third-order valence-electron chi connectivity index (χ3n) is 3.29. The largest absolute Gasteiger partial charge is 0.455 e. The molecule has 132 valence electrons. The van der Waals surface area contributed by atoms with Crippen molar-refractivity contribution >= 4 is 24.4 Å². The van der Waals surface area contributed by atoms with Crippen molar-refractivity contribution < 1.29 is 38.1 Å². The minimum absolute atomic E-state index is 0.0478. The molecule has 0 bridgehead atoms. The highest BCUT2D eigenvalue weighted by Crippen LogP contribution is 2.23. The van der Waals surface area contributed by atoms with Gasteiger partial charge in [0.15, 0.2) is 0 Å². The van der Waals surface area contributed by atoms with Crippen LogP contribution in [0.2, 0.25) is 0 Å². The van der Waals surface area contributed by atoms with E-state index in [-0.39, 0.29) is 38.6 Å². The third kappa shape index (κ3) is 8.30. The Bertz CT molecular complexity index is 467. The van der Waals surface area contributed by atoms with Crippen LogP contribution in [-0.2, 0) is 28.5 Å². The summed E-state index contributed by atoms with van der Waals surface area (Å²) in [5.74, 6) is -1.49. The molecule has 1 aliphatic rings. The van der Waals surface area contributed by atoms with Gasteiger partial charge >= 0.3 is 24.4 Å². The number of rotatable bonds is 10.